The van der Waals surface area contributed by atoms with Crippen LogP contribution in [-0.2, 0) is 27.8 Å². The molecule has 0 unspecified atom stereocenters. The quantitative estimate of drug-likeness (QED) is 0.491. The molecule has 3 aromatic carbocycles. The lowest BCUT2D eigenvalue weighted by Gasteiger charge is -2.34. The number of benzene rings is 3. The summed E-state index contributed by atoms with van der Waals surface area (Å²) in [6.45, 7) is 5.98. The Morgan fingerprint density at radius 3 is 2.06 bits per heavy atom. The van der Waals surface area contributed by atoms with Crippen LogP contribution in [0, 0.1) is 0 Å². The van der Waals surface area contributed by atoms with Crippen LogP contribution >= 0.6 is 0 Å². The molecular weight excluding hydrogens is 458 g/mol. The second-order valence-electron chi connectivity index (χ2n) is 9.04. The lowest BCUT2D eigenvalue weighted by Crippen LogP contribution is -2.48. The third-order valence-electron chi connectivity index (χ3n) is 6.47. The maximum Gasteiger partial charge on any atom is 0.241 e. The molecule has 1 amide bonds. The van der Waals surface area contributed by atoms with Crippen LogP contribution in [0.25, 0.3) is 0 Å². The first-order valence-electron chi connectivity index (χ1n) is 12.1. The van der Waals surface area contributed by atoms with Gasteiger partial charge in [0, 0.05) is 45.2 Å². The summed E-state index contributed by atoms with van der Waals surface area (Å²) in [5.41, 5.74) is 3.16. The first kappa shape index (κ1) is 25.1. The molecule has 0 aromatic heterocycles. The predicted molar refractivity (Wildman–Crippen MR) is 138 cm³/mol. The van der Waals surface area contributed by atoms with E-state index in [0.29, 0.717) is 12.8 Å². The number of rotatable bonds is 9. The Balaban J connectivity index is 1.24. The van der Waals surface area contributed by atoms with E-state index in [2.05, 4.69) is 33.9 Å². The van der Waals surface area contributed by atoms with E-state index in [-0.39, 0.29) is 16.8 Å². The Hall–Kier alpha value is -3.00. The van der Waals surface area contributed by atoms with Gasteiger partial charge in [-0.3, -0.25) is 9.69 Å². The number of carbonyl (C=O) groups excluding carboxylic acids is 1. The van der Waals surface area contributed by atoms with Crippen LogP contribution in [0.4, 0.5) is 0 Å². The highest BCUT2D eigenvalue weighted by atomic mass is 32.2. The van der Waals surface area contributed by atoms with Gasteiger partial charge in [-0.2, -0.15) is 0 Å². The van der Waals surface area contributed by atoms with Gasteiger partial charge in [0.05, 0.1) is 4.90 Å². The zero-order valence-electron chi connectivity index (χ0n) is 20.1. The molecule has 3 aromatic rings. The van der Waals surface area contributed by atoms with Gasteiger partial charge in [-0.1, -0.05) is 72.8 Å². The summed E-state index contributed by atoms with van der Waals surface area (Å²) in [7, 11) is -3.63. The minimum absolute atomic E-state index is 0.152. The van der Waals surface area contributed by atoms with Crippen molar-refractivity contribution in [3.05, 3.63) is 102 Å². The number of nitrogens with one attached hydrogen (secondary N) is 1. The molecule has 35 heavy (non-hydrogen) atoms. The molecule has 0 saturated carbocycles. The van der Waals surface area contributed by atoms with Gasteiger partial charge in [-0.25, -0.2) is 13.1 Å². The fourth-order valence-electron chi connectivity index (χ4n) is 4.35. The lowest BCUT2D eigenvalue weighted by molar-refractivity contribution is -0.133. The minimum Gasteiger partial charge on any atom is -0.340 e. The third kappa shape index (κ3) is 7.01. The number of carbonyl (C=O) groups is 1. The van der Waals surface area contributed by atoms with Gasteiger partial charge in [0.1, 0.15) is 0 Å². The Bertz CT molecular complexity index is 1190. The van der Waals surface area contributed by atoms with Crippen molar-refractivity contribution in [2.24, 2.45) is 0 Å². The standard InChI is InChI=1S/C28H33N3O3S/c1-23(26-10-6-3-7-11-26)29-35(33,34)27-15-12-24(13-16-27)14-17-28(32)31-20-18-30(19-21-31)22-25-8-4-2-5-9-25/h2-13,15-16,23,29H,14,17-22H2,1H3/t23-/m0/s1. The maximum atomic E-state index is 12.8. The summed E-state index contributed by atoms with van der Waals surface area (Å²) >= 11 is 0. The monoisotopic (exact) mass is 491 g/mol. The third-order valence-corrected chi connectivity index (χ3v) is 8.02. The fourth-order valence-corrected chi connectivity index (χ4v) is 5.58. The Morgan fingerprint density at radius 2 is 1.43 bits per heavy atom. The van der Waals surface area contributed by atoms with Crippen LogP contribution in [0.1, 0.15) is 36.1 Å². The molecule has 184 valence electrons. The average molecular weight is 492 g/mol. The Kier molecular flexibility index (Phi) is 8.33. The van der Waals surface area contributed by atoms with Crippen molar-refractivity contribution in [3.8, 4) is 0 Å². The summed E-state index contributed by atoms with van der Waals surface area (Å²) in [6.07, 6.45) is 1.02. The highest BCUT2D eigenvalue weighted by Gasteiger charge is 2.21. The second-order valence-corrected chi connectivity index (χ2v) is 10.8. The Morgan fingerprint density at radius 1 is 0.829 bits per heavy atom. The van der Waals surface area contributed by atoms with Gasteiger partial charge in [0.25, 0.3) is 0 Å². The van der Waals surface area contributed by atoms with Crippen molar-refractivity contribution in [1.82, 2.24) is 14.5 Å². The molecule has 1 saturated heterocycles. The maximum absolute atomic E-state index is 12.8. The number of sulfonamides is 1. The topological polar surface area (TPSA) is 69.7 Å². The number of hydrogen-bond acceptors (Lipinski definition) is 4. The van der Waals surface area contributed by atoms with Crippen LogP contribution in [0.15, 0.2) is 89.8 Å². The summed E-state index contributed by atoms with van der Waals surface area (Å²) in [5.74, 6) is 0.152. The van der Waals surface area contributed by atoms with Crippen LogP contribution in [0.3, 0.4) is 0 Å². The van der Waals surface area contributed by atoms with Crippen molar-refractivity contribution in [2.45, 2.75) is 37.2 Å². The normalized spacial score (nSPS) is 15.6. The van der Waals surface area contributed by atoms with Crippen molar-refractivity contribution in [2.75, 3.05) is 26.2 Å². The molecular formula is C28H33N3O3S. The highest BCUT2D eigenvalue weighted by Crippen LogP contribution is 2.18. The lowest BCUT2D eigenvalue weighted by atomic mass is 10.1. The molecule has 7 heteroatoms. The van der Waals surface area contributed by atoms with E-state index in [9.17, 15) is 13.2 Å². The first-order chi connectivity index (χ1) is 16.9. The highest BCUT2D eigenvalue weighted by molar-refractivity contribution is 7.89. The molecule has 4 rings (SSSR count). The van der Waals surface area contributed by atoms with Crippen molar-refractivity contribution in [1.29, 1.82) is 0 Å². The van der Waals surface area contributed by atoms with Crippen molar-refractivity contribution < 1.29 is 13.2 Å². The summed E-state index contributed by atoms with van der Waals surface area (Å²) in [6, 6.07) is 26.4. The Labute approximate surface area is 208 Å². The van der Waals surface area contributed by atoms with Gasteiger partial charge in [0.15, 0.2) is 0 Å². The molecule has 1 atom stereocenters. The molecule has 1 heterocycles. The van der Waals surface area contributed by atoms with Crippen LogP contribution in [0.2, 0.25) is 0 Å². The van der Waals surface area contributed by atoms with E-state index in [4.69, 9.17) is 0 Å². The van der Waals surface area contributed by atoms with Crippen LogP contribution in [-0.4, -0.2) is 50.3 Å². The van der Waals surface area contributed by atoms with Gasteiger partial charge < -0.3 is 4.90 Å². The van der Waals surface area contributed by atoms with Gasteiger partial charge >= 0.3 is 0 Å². The number of amides is 1. The molecule has 1 fully saturated rings. The van der Waals surface area contributed by atoms with Crippen molar-refractivity contribution in [3.63, 3.8) is 0 Å². The molecule has 1 aliphatic heterocycles. The minimum atomic E-state index is -3.63. The fraction of sp³-hybridized carbons (Fsp3) is 0.321. The molecule has 1 aliphatic rings. The number of piperazine rings is 1. The number of hydrogen-bond donors (Lipinski definition) is 1. The largest absolute Gasteiger partial charge is 0.340 e. The van der Waals surface area contributed by atoms with E-state index in [1.165, 1.54) is 5.56 Å². The predicted octanol–water partition coefficient (Wildman–Crippen LogP) is 4.00. The zero-order valence-corrected chi connectivity index (χ0v) is 21.0. The summed E-state index contributed by atoms with van der Waals surface area (Å²) in [5, 5.41) is 0. The second kappa shape index (κ2) is 11.6. The van der Waals surface area contributed by atoms with E-state index in [1.54, 1.807) is 24.3 Å². The summed E-state index contributed by atoms with van der Waals surface area (Å²) < 4.78 is 28.3. The van der Waals surface area contributed by atoms with E-state index in [1.807, 2.05) is 48.2 Å². The first-order valence-corrected chi connectivity index (χ1v) is 13.6. The number of aryl methyl sites for hydroxylation is 1. The van der Waals surface area contributed by atoms with E-state index < -0.39 is 10.0 Å². The van der Waals surface area contributed by atoms with Crippen LogP contribution < -0.4 is 4.72 Å². The molecule has 0 aliphatic carbocycles. The van der Waals surface area contributed by atoms with Crippen molar-refractivity contribution >= 4 is 15.9 Å². The molecule has 0 spiro atoms. The number of nitrogens with zero attached hydrogens (tertiary/aromatic N) is 2. The zero-order chi connectivity index (χ0) is 24.7. The molecule has 6 nitrogen and oxygen atoms in total. The van der Waals surface area contributed by atoms with E-state index in [0.717, 1.165) is 43.9 Å². The van der Waals surface area contributed by atoms with Gasteiger partial charge in [-0.05, 0) is 42.2 Å². The molecule has 1 N–H and O–H groups in total. The van der Waals surface area contributed by atoms with E-state index >= 15 is 0 Å². The SMILES string of the molecule is C[C@H](NS(=O)(=O)c1ccc(CCC(=O)N2CCN(Cc3ccccc3)CC2)cc1)c1ccccc1. The summed E-state index contributed by atoms with van der Waals surface area (Å²) in [4.78, 5) is 17.3. The molecule has 0 bridgehead atoms. The molecule has 0 radical (unpaired) electrons. The van der Waals surface area contributed by atoms with Gasteiger partial charge in [0.2, 0.25) is 15.9 Å². The smallest absolute Gasteiger partial charge is 0.241 e. The van der Waals surface area contributed by atoms with Gasteiger partial charge in [-0.15, -0.1) is 0 Å². The van der Waals surface area contributed by atoms with Crippen LogP contribution in [0.5, 0.6) is 0 Å². The average Bonchev–Trinajstić information content (AvgIpc) is 2.89.